The zero-order valence-corrected chi connectivity index (χ0v) is 23.7. The van der Waals surface area contributed by atoms with Crippen molar-refractivity contribution in [3.05, 3.63) is 87.1 Å². The molecular formula is C29H34ClN3O4S. The summed E-state index contributed by atoms with van der Waals surface area (Å²) in [5.41, 5.74) is 1.10. The van der Waals surface area contributed by atoms with Gasteiger partial charge in [0, 0.05) is 17.1 Å². The Morgan fingerprint density at radius 3 is 2.45 bits per heavy atom. The number of benzene rings is 2. The van der Waals surface area contributed by atoms with E-state index in [1.165, 1.54) is 16.2 Å². The summed E-state index contributed by atoms with van der Waals surface area (Å²) < 4.78 is 5.40. The average molecular weight is 556 g/mol. The second kappa shape index (κ2) is 13.4. The summed E-state index contributed by atoms with van der Waals surface area (Å²) in [5, 5.41) is 8.22. The van der Waals surface area contributed by atoms with Crippen molar-refractivity contribution in [2.75, 3.05) is 20.2 Å². The lowest BCUT2D eigenvalue weighted by atomic mass is 9.98. The standard InChI is InChI=1S/C29H34ClN3O4S/c1-5-29(2,3)32-28(36)26(21-8-6-9-23(18-21)37-4)33(16-15-20-11-13-22(30)14-12-20)25(34)19-31-27(35)24-10-7-17-38-24/h6-14,17-18,26H,5,15-16,19H2,1-4H3,(H,31,35)(H,32,36)/t26-/m1/s1. The van der Waals surface area contributed by atoms with Gasteiger partial charge in [-0.2, -0.15) is 0 Å². The largest absolute Gasteiger partial charge is 0.497 e. The van der Waals surface area contributed by atoms with Crippen molar-refractivity contribution >= 4 is 40.7 Å². The molecule has 0 aliphatic carbocycles. The molecule has 0 radical (unpaired) electrons. The summed E-state index contributed by atoms with van der Waals surface area (Å²) >= 11 is 7.34. The van der Waals surface area contributed by atoms with Gasteiger partial charge in [0.05, 0.1) is 18.5 Å². The van der Waals surface area contributed by atoms with Crippen molar-refractivity contribution in [1.29, 1.82) is 0 Å². The molecule has 1 heterocycles. The molecule has 38 heavy (non-hydrogen) atoms. The first-order chi connectivity index (χ1) is 18.1. The van der Waals surface area contributed by atoms with Crippen LogP contribution >= 0.6 is 22.9 Å². The van der Waals surface area contributed by atoms with Crippen molar-refractivity contribution in [3.8, 4) is 5.75 Å². The lowest BCUT2D eigenvalue weighted by Crippen LogP contribution is -2.52. The molecule has 3 amide bonds. The van der Waals surface area contributed by atoms with E-state index in [4.69, 9.17) is 16.3 Å². The second-order valence-electron chi connectivity index (χ2n) is 9.53. The Labute approximate surface area is 233 Å². The van der Waals surface area contributed by atoms with Crippen LogP contribution in [0, 0.1) is 0 Å². The highest BCUT2D eigenvalue weighted by Gasteiger charge is 2.34. The van der Waals surface area contributed by atoms with E-state index in [0.717, 1.165) is 5.56 Å². The minimum Gasteiger partial charge on any atom is -0.497 e. The Balaban J connectivity index is 1.95. The quantitative estimate of drug-likeness (QED) is 0.319. The van der Waals surface area contributed by atoms with Crippen molar-refractivity contribution in [2.45, 2.75) is 45.2 Å². The van der Waals surface area contributed by atoms with Gasteiger partial charge in [0.1, 0.15) is 11.8 Å². The predicted molar refractivity (Wildman–Crippen MR) is 152 cm³/mol. The molecule has 1 atom stereocenters. The molecule has 3 aromatic rings. The van der Waals surface area contributed by atoms with E-state index in [0.29, 0.717) is 34.1 Å². The molecule has 1 aromatic heterocycles. The summed E-state index contributed by atoms with van der Waals surface area (Å²) in [6.45, 7) is 5.87. The number of rotatable bonds is 12. The lowest BCUT2D eigenvalue weighted by molar-refractivity contribution is -0.140. The molecule has 0 aliphatic rings. The number of carbonyl (C=O) groups is 3. The van der Waals surface area contributed by atoms with Crippen LogP contribution in [0.5, 0.6) is 5.75 Å². The maximum atomic E-state index is 13.8. The number of nitrogens with one attached hydrogen (secondary N) is 2. The smallest absolute Gasteiger partial charge is 0.261 e. The molecule has 202 valence electrons. The van der Waals surface area contributed by atoms with Gasteiger partial charge in [-0.1, -0.05) is 48.9 Å². The predicted octanol–water partition coefficient (Wildman–Crippen LogP) is 5.26. The third-order valence-corrected chi connectivity index (χ3v) is 7.46. The molecule has 0 saturated heterocycles. The Bertz CT molecular complexity index is 1230. The fraction of sp³-hybridized carbons (Fsp3) is 0.345. The monoisotopic (exact) mass is 555 g/mol. The SMILES string of the molecule is CCC(C)(C)NC(=O)[C@@H](c1cccc(OC)c1)N(CCc1ccc(Cl)cc1)C(=O)CNC(=O)c1cccs1. The van der Waals surface area contributed by atoms with E-state index >= 15 is 0 Å². The van der Waals surface area contributed by atoms with E-state index in [2.05, 4.69) is 10.6 Å². The van der Waals surface area contributed by atoms with Gasteiger partial charge in [-0.15, -0.1) is 11.3 Å². The topological polar surface area (TPSA) is 87.7 Å². The number of carbonyl (C=O) groups excluding carboxylic acids is 3. The number of thiophene rings is 1. The van der Waals surface area contributed by atoms with Gasteiger partial charge in [-0.05, 0) is 73.5 Å². The number of methoxy groups -OCH3 is 1. The van der Waals surface area contributed by atoms with Gasteiger partial charge in [-0.25, -0.2) is 0 Å². The first kappa shape index (κ1) is 29.2. The van der Waals surface area contributed by atoms with Gasteiger partial charge >= 0.3 is 0 Å². The van der Waals surface area contributed by atoms with Crippen LogP contribution in [0.15, 0.2) is 66.0 Å². The maximum absolute atomic E-state index is 13.8. The molecule has 0 aliphatic heterocycles. The summed E-state index contributed by atoms with van der Waals surface area (Å²) in [6.07, 6.45) is 1.20. The van der Waals surface area contributed by atoms with Gasteiger partial charge in [-0.3, -0.25) is 14.4 Å². The van der Waals surface area contributed by atoms with Crippen LogP contribution < -0.4 is 15.4 Å². The first-order valence-corrected chi connectivity index (χ1v) is 13.7. The van der Waals surface area contributed by atoms with E-state index in [1.807, 2.05) is 32.9 Å². The molecule has 2 aromatic carbocycles. The van der Waals surface area contributed by atoms with Crippen LogP contribution in [0.2, 0.25) is 5.02 Å². The van der Waals surface area contributed by atoms with E-state index in [9.17, 15) is 14.4 Å². The van der Waals surface area contributed by atoms with Crippen LogP contribution in [-0.4, -0.2) is 48.4 Å². The molecule has 9 heteroatoms. The molecular weight excluding hydrogens is 522 g/mol. The Hall–Kier alpha value is -3.36. The summed E-state index contributed by atoms with van der Waals surface area (Å²) in [6, 6.07) is 17.1. The molecule has 0 spiro atoms. The van der Waals surface area contributed by atoms with Crippen molar-refractivity contribution < 1.29 is 19.1 Å². The van der Waals surface area contributed by atoms with Crippen molar-refractivity contribution in [3.63, 3.8) is 0 Å². The molecule has 0 bridgehead atoms. The number of amides is 3. The van der Waals surface area contributed by atoms with E-state index in [1.54, 1.807) is 61.0 Å². The number of halogens is 1. The Morgan fingerprint density at radius 1 is 1.08 bits per heavy atom. The highest BCUT2D eigenvalue weighted by Crippen LogP contribution is 2.27. The molecule has 3 rings (SSSR count). The second-order valence-corrected chi connectivity index (χ2v) is 10.9. The van der Waals surface area contributed by atoms with Crippen molar-refractivity contribution in [1.82, 2.24) is 15.5 Å². The average Bonchev–Trinajstić information content (AvgIpc) is 3.45. The fourth-order valence-corrected chi connectivity index (χ4v) is 4.59. The third-order valence-electron chi connectivity index (χ3n) is 6.34. The minimum absolute atomic E-state index is 0.247. The van der Waals surface area contributed by atoms with Gasteiger partial charge in [0.15, 0.2) is 0 Å². The van der Waals surface area contributed by atoms with Gasteiger partial charge < -0.3 is 20.3 Å². The van der Waals surface area contributed by atoms with Crippen LogP contribution in [0.1, 0.15) is 54.0 Å². The zero-order chi connectivity index (χ0) is 27.7. The molecule has 7 nitrogen and oxygen atoms in total. The highest BCUT2D eigenvalue weighted by molar-refractivity contribution is 7.12. The molecule has 0 saturated carbocycles. The highest BCUT2D eigenvalue weighted by atomic mass is 35.5. The maximum Gasteiger partial charge on any atom is 0.261 e. The van der Waals surface area contributed by atoms with Crippen LogP contribution in [0.4, 0.5) is 0 Å². The van der Waals surface area contributed by atoms with Gasteiger partial charge in [0.25, 0.3) is 5.91 Å². The summed E-state index contributed by atoms with van der Waals surface area (Å²) in [7, 11) is 1.55. The Morgan fingerprint density at radius 2 is 1.82 bits per heavy atom. The van der Waals surface area contributed by atoms with Gasteiger partial charge in [0.2, 0.25) is 11.8 Å². The number of nitrogens with zero attached hydrogens (tertiary/aromatic N) is 1. The number of ether oxygens (including phenoxy) is 1. The number of hydrogen-bond donors (Lipinski definition) is 2. The molecule has 0 fully saturated rings. The lowest BCUT2D eigenvalue weighted by Gasteiger charge is -2.35. The third kappa shape index (κ3) is 8.07. The Kier molecular flexibility index (Phi) is 10.3. The normalized spacial score (nSPS) is 11.9. The first-order valence-electron chi connectivity index (χ1n) is 12.4. The van der Waals surface area contributed by atoms with E-state index < -0.39 is 11.6 Å². The van der Waals surface area contributed by atoms with Crippen LogP contribution in [0.3, 0.4) is 0 Å². The van der Waals surface area contributed by atoms with E-state index in [-0.39, 0.29) is 30.8 Å². The molecule has 2 N–H and O–H groups in total. The fourth-order valence-electron chi connectivity index (χ4n) is 3.83. The molecule has 0 unspecified atom stereocenters. The van der Waals surface area contributed by atoms with Crippen LogP contribution in [-0.2, 0) is 16.0 Å². The zero-order valence-electron chi connectivity index (χ0n) is 22.1. The minimum atomic E-state index is -0.936. The van der Waals surface area contributed by atoms with Crippen molar-refractivity contribution in [2.24, 2.45) is 0 Å². The summed E-state index contributed by atoms with van der Waals surface area (Å²) in [4.78, 5) is 42.1. The summed E-state index contributed by atoms with van der Waals surface area (Å²) in [5.74, 6) is -0.438. The van der Waals surface area contributed by atoms with Crippen LogP contribution in [0.25, 0.3) is 0 Å². The number of hydrogen-bond acceptors (Lipinski definition) is 5.